The lowest BCUT2D eigenvalue weighted by Crippen LogP contribution is -2.50. The minimum absolute atomic E-state index is 0.0632. The van der Waals surface area contributed by atoms with Crippen molar-refractivity contribution in [2.75, 3.05) is 49.5 Å². The van der Waals surface area contributed by atoms with E-state index >= 15 is 0 Å². The summed E-state index contributed by atoms with van der Waals surface area (Å²) in [4.78, 5) is 19.4. The molecule has 0 spiro atoms. The lowest BCUT2D eigenvalue weighted by atomic mass is 10.1. The second-order valence-electron chi connectivity index (χ2n) is 8.53. The number of piperazine rings is 1. The molecule has 2 aromatic carbocycles. The lowest BCUT2D eigenvalue weighted by Gasteiger charge is -2.37. The molecule has 2 heterocycles. The van der Waals surface area contributed by atoms with Gasteiger partial charge in [-0.1, -0.05) is 24.3 Å². The van der Waals surface area contributed by atoms with Crippen LogP contribution in [0.2, 0.25) is 0 Å². The summed E-state index contributed by atoms with van der Waals surface area (Å²) < 4.78 is 5.84. The molecular weight excluding hydrogens is 392 g/mol. The Morgan fingerprint density at radius 2 is 1.74 bits per heavy atom. The average molecular weight is 425 g/mol. The third kappa shape index (κ3) is 5.48. The maximum absolute atomic E-state index is 12.9. The minimum Gasteiger partial charge on any atom is -0.508 e. The quantitative estimate of drug-likeness (QED) is 0.788. The molecule has 2 aliphatic rings. The Morgan fingerprint density at radius 1 is 1.03 bits per heavy atom. The molecular formula is C24H32N4O3. The Labute approximate surface area is 184 Å². The number of hydrogen-bond donors (Lipinski definition) is 2. The van der Waals surface area contributed by atoms with Crippen molar-refractivity contribution in [3.8, 4) is 5.75 Å². The fourth-order valence-electron chi connectivity index (χ4n) is 4.49. The molecule has 31 heavy (non-hydrogen) atoms. The number of amides is 2. The summed E-state index contributed by atoms with van der Waals surface area (Å²) in [6.07, 6.45) is 0.432. The molecule has 2 atom stereocenters. The first-order valence-corrected chi connectivity index (χ1v) is 11.0. The van der Waals surface area contributed by atoms with Gasteiger partial charge in [0.2, 0.25) is 0 Å². The number of carbonyl (C=O) groups is 1. The summed E-state index contributed by atoms with van der Waals surface area (Å²) in [6, 6.07) is 15.2. The summed E-state index contributed by atoms with van der Waals surface area (Å²) in [6.45, 7) is 9.54. The summed E-state index contributed by atoms with van der Waals surface area (Å²) in [5.41, 5.74) is 2.98. The topological polar surface area (TPSA) is 68.3 Å². The van der Waals surface area contributed by atoms with Crippen LogP contribution in [-0.2, 0) is 11.3 Å². The number of rotatable bonds is 4. The Kier molecular flexibility index (Phi) is 6.63. The number of benzene rings is 2. The van der Waals surface area contributed by atoms with Gasteiger partial charge in [0, 0.05) is 63.3 Å². The molecule has 2 unspecified atom stereocenters. The van der Waals surface area contributed by atoms with Crippen LogP contribution in [0.15, 0.2) is 48.5 Å². The molecule has 4 rings (SSSR count). The van der Waals surface area contributed by atoms with Gasteiger partial charge in [0.05, 0.1) is 12.2 Å². The number of nitrogens with one attached hydrogen (secondary N) is 1. The molecule has 0 saturated carbocycles. The Bertz CT molecular complexity index is 888. The molecule has 2 saturated heterocycles. The number of phenolic OH excluding ortho intramolecular Hbond substituents is 1. The van der Waals surface area contributed by atoms with Crippen LogP contribution in [0.5, 0.6) is 5.75 Å². The predicted molar refractivity (Wildman–Crippen MR) is 123 cm³/mol. The zero-order chi connectivity index (χ0) is 21.8. The van der Waals surface area contributed by atoms with Crippen molar-refractivity contribution in [1.82, 2.24) is 9.80 Å². The fourth-order valence-corrected chi connectivity index (χ4v) is 4.49. The van der Waals surface area contributed by atoms with Gasteiger partial charge in [-0.25, -0.2) is 4.79 Å². The van der Waals surface area contributed by atoms with E-state index in [9.17, 15) is 9.90 Å². The maximum atomic E-state index is 12.9. The molecule has 2 N–H and O–H groups in total. The van der Waals surface area contributed by atoms with Gasteiger partial charge in [-0.3, -0.25) is 4.90 Å². The van der Waals surface area contributed by atoms with Gasteiger partial charge in [-0.2, -0.15) is 0 Å². The number of phenols is 1. The highest BCUT2D eigenvalue weighted by atomic mass is 16.5. The van der Waals surface area contributed by atoms with Crippen molar-refractivity contribution in [3.63, 3.8) is 0 Å². The molecule has 2 aliphatic heterocycles. The number of carbonyl (C=O) groups excluding carboxylic acids is 1. The molecule has 0 aliphatic carbocycles. The van der Waals surface area contributed by atoms with Crippen LogP contribution in [0.3, 0.4) is 0 Å². The minimum atomic E-state index is -0.0632. The van der Waals surface area contributed by atoms with Crippen molar-refractivity contribution in [2.45, 2.75) is 32.6 Å². The number of ether oxygens (including phenoxy) is 1. The van der Waals surface area contributed by atoms with Crippen molar-refractivity contribution >= 4 is 17.4 Å². The van der Waals surface area contributed by atoms with E-state index in [0.29, 0.717) is 13.1 Å². The van der Waals surface area contributed by atoms with Gasteiger partial charge in [0.25, 0.3) is 0 Å². The van der Waals surface area contributed by atoms with Crippen LogP contribution in [0.4, 0.5) is 16.2 Å². The van der Waals surface area contributed by atoms with Gasteiger partial charge in [0.1, 0.15) is 5.75 Å². The van der Waals surface area contributed by atoms with Crippen LogP contribution >= 0.6 is 0 Å². The third-order valence-corrected chi connectivity index (χ3v) is 5.91. The lowest BCUT2D eigenvalue weighted by molar-refractivity contribution is -0.0704. The first-order valence-electron chi connectivity index (χ1n) is 11.0. The molecule has 166 valence electrons. The van der Waals surface area contributed by atoms with E-state index in [1.165, 1.54) is 0 Å². The monoisotopic (exact) mass is 424 g/mol. The number of aromatic hydroxyl groups is 1. The summed E-state index contributed by atoms with van der Waals surface area (Å²) in [5.74, 6) is 0.262. The highest BCUT2D eigenvalue weighted by Crippen LogP contribution is 2.23. The van der Waals surface area contributed by atoms with Crippen LogP contribution in [0.25, 0.3) is 0 Å². The van der Waals surface area contributed by atoms with Crippen molar-refractivity contribution in [3.05, 3.63) is 54.1 Å². The van der Waals surface area contributed by atoms with Gasteiger partial charge in [-0.15, -0.1) is 0 Å². The molecule has 0 radical (unpaired) electrons. The van der Waals surface area contributed by atoms with Crippen LogP contribution in [0, 0.1) is 0 Å². The molecule has 2 fully saturated rings. The predicted octanol–water partition coefficient (Wildman–Crippen LogP) is 3.36. The van der Waals surface area contributed by atoms with Crippen LogP contribution in [-0.4, -0.2) is 72.4 Å². The van der Waals surface area contributed by atoms with E-state index in [2.05, 4.69) is 35.0 Å². The Hall–Kier alpha value is -2.77. The first kappa shape index (κ1) is 21.5. The number of urea groups is 1. The fraction of sp³-hybridized carbons (Fsp3) is 0.458. The molecule has 2 amide bonds. The van der Waals surface area contributed by atoms with Crippen molar-refractivity contribution in [2.24, 2.45) is 0 Å². The van der Waals surface area contributed by atoms with Crippen LogP contribution < -0.4 is 10.2 Å². The molecule has 7 nitrogen and oxygen atoms in total. The number of hydrogen-bond acceptors (Lipinski definition) is 5. The van der Waals surface area contributed by atoms with Gasteiger partial charge < -0.3 is 25.0 Å². The average Bonchev–Trinajstić information content (AvgIpc) is 2.74. The second-order valence-corrected chi connectivity index (χ2v) is 8.53. The number of anilines is 2. The Morgan fingerprint density at radius 3 is 2.45 bits per heavy atom. The van der Waals surface area contributed by atoms with Gasteiger partial charge >= 0.3 is 6.03 Å². The second kappa shape index (κ2) is 9.58. The van der Waals surface area contributed by atoms with Gasteiger partial charge in [0.15, 0.2) is 0 Å². The summed E-state index contributed by atoms with van der Waals surface area (Å²) in [5, 5.41) is 12.8. The Balaban J connectivity index is 1.35. The first-order chi connectivity index (χ1) is 15.0. The summed E-state index contributed by atoms with van der Waals surface area (Å²) in [7, 11) is 0. The highest BCUT2D eigenvalue weighted by molar-refractivity contribution is 5.90. The normalized spacial score (nSPS) is 22.4. The smallest absolute Gasteiger partial charge is 0.321 e. The standard InChI is InChI=1S/C24H32N4O3/c1-18-15-26(16-19(2)31-18)17-20-6-3-4-9-23(20)25-24(30)28-12-10-27(11-13-28)21-7-5-8-22(29)14-21/h3-9,14,18-19,29H,10-13,15-17H2,1-2H3,(H,25,30). The zero-order valence-electron chi connectivity index (χ0n) is 18.3. The summed E-state index contributed by atoms with van der Waals surface area (Å²) >= 11 is 0. The molecule has 7 heteroatoms. The van der Waals surface area contributed by atoms with E-state index in [1.54, 1.807) is 12.1 Å². The van der Waals surface area contributed by atoms with E-state index in [-0.39, 0.29) is 24.0 Å². The van der Waals surface area contributed by atoms with E-state index in [0.717, 1.165) is 49.7 Å². The number of morpholine rings is 1. The molecule has 0 aromatic heterocycles. The third-order valence-electron chi connectivity index (χ3n) is 5.91. The van der Waals surface area contributed by atoms with Gasteiger partial charge in [-0.05, 0) is 37.6 Å². The van der Waals surface area contributed by atoms with E-state index in [4.69, 9.17) is 4.74 Å². The van der Waals surface area contributed by atoms with E-state index in [1.807, 2.05) is 35.2 Å². The van der Waals surface area contributed by atoms with Crippen LogP contribution in [0.1, 0.15) is 19.4 Å². The zero-order valence-corrected chi connectivity index (χ0v) is 18.3. The molecule has 0 bridgehead atoms. The van der Waals surface area contributed by atoms with Crippen molar-refractivity contribution in [1.29, 1.82) is 0 Å². The largest absolute Gasteiger partial charge is 0.508 e. The SMILES string of the molecule is CC1CN(Cc2ccccc2NC(=O)N2CCN(c3cccc(O)c3)CC2)CC(C)O1. The highest BCUT2D eigenvalue weighted by Gasteiger charge is 2.24. The van der Waals surface area contributed by atoms with E-state index < -0.39 is 0 Å². The number of para-hydroxylation sites is 1. The van der Waals surface area contributed by atoms with Crippen molar-refractivity contribution < 1.29 is 14.6 Å². The number of nitrogens with zero attached hydrogens (tertiary/aromatic N) is 3. The maximum Gasteiger partial charge on any atom is 0.321 e. The molecule has 2 aromatic rings.